The summed E-state index contributed by atoms with van der Waals surface area (Å²) in [6.07, 6.45) is 0.552. The zero-order valence-electron chi connectivity index (χ0n) is 12.7. The van der Waals surface area contributed by atoms with Crippen molar-refractivity contribution in [1.82, 2.24) is 4.90 Å². The predicted octanol–water partition coefficient (Wildman–Crippen LogP) is 2.97. The van der Waals surface area contributed by atoms with Gasteiger partial charge in [-0.1, -0.05) is 22.0 Å². The van der Waals surface area contributed by atoms with Gasteiger partial charge in [0.15, 0.2) is 9.84 Å². The molecule has 1 heterocycles. The van der Waals surface area contributed by atoms with E-state index < -0.39 is 9.84 Å². The SMILES string of the molecule is CCN(C(=O)C(C)Sc1cccc(Br)c1)C1CCS(=O)(=O)C1. The van der Waals surface area contributed by atoms with Crippen molar-refractivity contribution in [3.63, 3.8) is 0 Å². The molecule has 4 nitrogen and oxygen atoms in total. The van der Waals surface area contributed by atoms with Crippen molar-refractivity contribution in [2.75, 3.05) is 18.1 Å². The molecule has 122 valence electrons. The number of nitrogens with zero attached hydrogens (tertiary/aromatic N) is 1. The number of carbonyl (C=O) groups is 1. The standard InChI is InChI=1S/C15H20BrNO3S2/c1-3-17(13-7-8-22(19,20)10-13)15(18)11(2)21-14-6-4-5-12(16)9-14/h4-6,9,11,13H,3,7-8,10H2,1-2H3. The third kappa shape index (κ3) is 4.49. The molecule has 0 aliphatic carbocycles. The molecule has 1 saturated heterocycles. The summed E-state index contributed by atoms with van der Waals surface area (Å²) < 4.78 is 24.2. The number of halogens is 1. The molecular weight excluding hydrogens is 386 g/mol. The first kappa shape index (κ1) is 17.8. The van der Waals surface area contributed by atoms with Crippen LogP contribution in [-0.4, -0.2) is 48.6 Å². The fraction of sp³-hybridized carbons (Fsp3) is 0.533. The van der Waals surface area contributed by atoms with Gasteiger partial charge in [0.05, 0.1) is 16.8 Å². The van der Waals surface area contributed by atoms with Crippen LogP contribution in [0.2, 0.25) is 0 Å². The maximum absolute atomic E-state index is 12.7. The third-order valence-corrected chi connectivity index (χ3v) is 7.05. The molecular formula is C15H20BrNO3S2. The van der Waals surface area contributed by atoms with Crippen molar-refractivity contribution in [2.24, 2.45) is 0 Å². The number of benzene rings is 1. The maximum Gasteiger partial charge on any atom is 0.236 e. The van der Waals surface area contributed by atoms with Crippen molar-refractivity contribution in [2.45, 2.75) is 36.5 Å². The van der Waals surface area contributed by atoms with Crippen molar-refractivity contribution in [3.05, 3.63) is 28.7 Å². The van der Waals surface area contributed by atoms with Gasteiger partial charge in [-0.15, -0.1) is 11.8 Å². The molecule has 0 aromatic heterocycles. The first-order chi connectivity index (χ1) is 10.3. The van der Waals surface area contributed by atoms with E-state index in [1.807, 2.05) is 38.1 Å². The number of sulfone groups is 1. The number of hydrogen-bond acceptors (Lipinski definition) is 4. The molecule has 1 aliphatic heterocycles. The summed E-state index contributed by atoms with van der Waals surface area (Å²) in [5, 5.41) is -0.238. The Bertz CT molecular complexity index is 648. The Hall–Kier alpha value is -0.530. The minimum atomic E-state index is -2.98. The number of carbonyl (C=O) groups excluding carboxylic acids is 1. The fourth-order valence-electron chi connectivity index (χ4n) is 2.64. The summed E-state index contributed by atoms with van der Waals surface area (Å²) in [5.74, 6) is 0.296. The average molecular weight is 406 g/mol. The minimum Gasteiger partial charge on any atom is -0.338 e. The second-order valence-electron chi connectivity index (χ2n) is 5.40. The molecule has 2 atom stereocenters. The Morgan fingerprint density at radius 1 is 1.50 bits per heavy atom. The summed E-state index contributed by atoms with van der Waals surface area (Å²) in [7, 11) is -2.98. The van der Waals surface area contributed by atoms with E-state index in [1.54, 1.807) is 4.90 Å². The van der Waals surface area contributed by atoms with Crippen molar-refractivity contribution >= 4 is 43.4 Å². The van der Waals surface area contributed by atoms with Crippen LogP contribution in [0.4, 0.5) is 0 Å². The van der Waals surface area contributed by atoms with Gasteiger partial charge in [-0.25, -0.2) is 8.42 Å². The van der Waals surface area contributed by atoms with E-state index in [4.69, 9.17) is 0 Å². The van der Waals surface area contributed by atoms with Crippen LogP contribution in [-0.2, 0) is 14.6 Å². The second kappa shape index (κ2) is 7.36. The van der Waals surface area contributed by atoms with E-state index in [2.05, 4.69) is 15.9 Å². The monoisotopic (exact) mass is 405 g/mol. The van der Waals surface area contributed by atoms with E-state index in [0.29, 0.717) is 13.0 Å². The number of rotatable bonds is 5. The zero-order chi connectivity index (χ0) is 16.3. The Labute approximate surface area is 144 Å². The first-order valence-corrected chi connectivity index (χ1v) is 10.7. The van der Waals surface area contributed by atoms with E-state index in [9.17, 15) is 13.2 Å². The van der Waals surface area contributed by atoms with Crippen LogP contribution in [0.1, 0.15) is 20.3 Å². The molecule has 1 fully saturated rings. The Morgan fingerprint density at radius 3 is 2.77 bits per heavy atom. The van der Waals surface area contributed by atoms with Gasteiger partial charge in [0.2, 0.25) is 5.91 Å². The summed E-state index contributed by atoms with van der Waals surface area (Å²) in [5.41, 5.74) is 0. The topological polar surface area (TPSA) is 54.5 Å². The molecule has 1 aromatic rings. The van der Waals surface area contributed by atoms with Gasteiger partial charge in [0.25, 0.3) is 0 Å². The lowest BCUT2D eigenvalue weighted by Crippen LogP contribution is -2.44. The quantitative estimate of drug-likeness (QED) is 0.706. The zero-order valence-corrected chi connectivity index (χ0v) is 15.9. The van der Waals surface area contributed by atoms with Crippen LogP contribution >= 0.6 is 27.7 Å². The molecule has 1 amide bonds. The Kier molecular flexibility index (Phi) is 5.96. The van der Waals surface area contributed by atoms with Gasteiger partial charge in [0.1, 0.15) is 0 Å². The first-order valence-electron chi connectivity index (χ1n) is 7.25. The van der Waals surface area contributed by atoms with Gasteiger partial charge in [-0.3, -0.25) is 4.79 Å². The molecule has 2 unspecified atom stereocenters. The van der Waals surface area contributed by atoms with Crippen LogP contribution < -0.4 is 0 Å². The van der Waals surface area contributed by atoms with Gasteiger partial charge < -0.3 is 4.90 Å². The minimum absolute atomic E-state index is 0.00887. The van der Waals surface area contributed by atoms with E-state index in [-0.39, 0.29) is 28.7 Å². The predicted molar refractivity (Wildman–Crippen MR) is 93.9 cm³/mol. The molecule has 2 rings (SSSR count). The highest BCUT2D eigenvalue weighted by Gasteiger charge is 2.35. The van der Waals surface area contributed by atoms with Crippen LogP contribution in [0, 0.1) is 0 Å². The van der Waals surface area contributed by atoms with Gasteiger partial charge >= 0.3 is 0 Å². The number of hydrogen-bond donors (Lipinski definition) is 0. The van der Waals surface area contributed by atoms with Gasteiger partial charge in [0, 0.05) is 22.0 Å². The van der Waals surface area contributed by atoms with Crippen molar-refractivity contribution in [3.8, 4) is 0 Å². The lowest BCUT2D eigenvalue weighted by molar-refractivity contribution is -0.131. The molecule has 0 N–H and O–H groups in total. The Balaban J connectivity index is 2.05. The van der Waals surface area contributed by atoms with Crippen molar-refractivity contribution < 1.29 is 13.2 Å². The lowest BCUT2D eigenvalue weighted by Gasteiger charge is -2.29. The largest absolute Gasteiger partial charge is 0.338 e. The summed E-state index contributed by atoms with van der Waals surface area (Å²) in [6, 6.07) is 7.65. The third-order valence-electron chi connectivity index (χ3n) is 3.73. The smallest absolute Gasteiger partial charge is 0.236 e. The van der Waals surface area contributed by atoms with Gasteiger partial charge in [-0.2, -0.15) is 0 Å². The van der Waals surface area contributed by atoms with Crippen LogP contribution in [0.5, 0.6) is 0 Å². The summed E-state index contributed by atoms with van der Waals surface area (Å²) >= 11 is 4.92. The normalized spacial score (nSPS) is 21.5. The van der Waals surface area contributed by atoms with E-state index >= 15 is 0 Å². The molecule has 0 saturated carbocycles. The molecule has 0 radical (unpaired) electrons. The van der Waals surface area contributed by atoms with Gasteiger partial charge in [-0.05, 0) is 38.5 Å². The molecule has 0 spiro atoms. The summed E-state index contributed by atoms with van der Waals surface area (Å²) in [4.78, 5) is 15.4. The van der Waals surface area contributed by atoms with Crippen LogP contribution in [0.3, 0.4) is 0 Å². The van der Waals surface area contributed by atoms with Crippen molar-refractivity contribution in [1.29, 1.82) is 0 Å². The molecule has 1 aliphatic rings. The number of amides is 1. The highest BCUT2D eigenvalue weighted by molar-refractivity contribution is 9.10. The molecule has 7 heteroatoms. The van der Waals surface area contributed by atoms with Crippen LogP contribution in [0.15, 0.2) is 33.6 Å². The highest BCUT2D eigenvalue weighted by atomic mass is 79.9. The summed E-state index contributed by atoms with van der Waals surface area (Å²) in [6.45, 7) is 4.32. The molecule has 0 bridgehead atoms. The average Bonchev–Trinajstić information content (AvgIpc) is 2.79. The second-order valence-corrected chi connectivity index (χ2v) is 9.96. The molecule has 1 aromatic carbocycles. The lowest BCUT2D eigenvalue weighted by atomic mass is 10.2. The molecule has 22 heavy (non-hydrogen) atoms. The number of thioether (sulfide) groups is 1. The maximum atomic E-state index is 12.7. The van der Waals surface area contributed by atoms with E-state index in [0.717, 1.165) is 9.37 Å². The fourth-order valence-corrected chi connectivity index (χ4v) is 5.92. The van der Waals surface area contributed by atoms with E-state index in [1.165, 1.54) is 11.8 Å². The highest BCUT2D eigenvalue weighted by Crippen LogP contribution is 2.28. The van der Waals surface area contributed by atoms with Crippen LogP contribution in [0.25, 0.3) is 0 Å². The Morgan fingerprint density at radius 2 is 2.23 bits per heavy atom.